The van der Waals surface area contributed by atoms with Gasteiger partial charge in [-0.15, -0.1) is 0 Å². The van der Waals surface area contributed by atoms with Gasteiger partial charge in [0.1, 0.15) is 23.7 Å². The van der Waals surface area contributed by atoms with Crippen molar-refractivity contribution < 1.29 is 33.8 Å². The highest BCUT2D eigenvalue weighted by molar-refractivity contribution is 5.83. The summed E-state index contributed by atoms with van der Waals surface area (Å²) < 4.78 is 11.5. The predicted octanol–water partition coefficient (Wildman–Crippen LogP) is 4.08. The molecule has 4 N–H and O–H groups in total. The molecule has 2 aromatic rings. The lowest BCUT2D eigenvalue weighted by Gasteiger charge is -2.62. The number of carbonyl (C=O) groups is 2. The van der Waals surface area contributed by atoms with E-state index < -0.39 is 24.2 Å². The third kappa shape index (κ3) is 7.08. The Labute approximate surface area is 297 Å². The van der Waals surface area contributed by atoms with Gasteiger partial charge >= 0.3 is 0 Å². The van der Waals surface area contributed by atoms with Gasteiger partial charge in [-0.3, -0.25) is 14.4 Å². The summed E-state index contributed by atoms with van der Waals surface area (Å²) in [6.45, 7) is 8.85. The number of para-hydroxylation sites is 1. The van der Waals surface area contributed by atoms with E-state index in [2.05, 4.69) is 56.5 Å². The minimum Gasteiger partial charge on any atom is -0.496 e. The fourth-order valence-electron chi connectivity index (χ4n) is 9.86. The second kappa shape index (κ2) is 14.9. The molecule has 11 heteroatoms. The van der Waals surface area contributed by atoms with Crippen LogP contribution in [0, 0.1) is 35.0 Å². The minimum atomic E-state index is -0.877. The van der Waals surface area contributed by atoms with Gasteiger partial charge in [0.05, 0.1) is 39.2 Å². The molecule has 1 aromatic carbocycles. The molecule has 5 aliphatic rings. The maximum Gasteiger partial charge on any atom is 0.240 e. The summed E-state index contributed by atoms with van der Waals surface area (Å²) in [5.41, 5.74) is 2.15. The lowest BCUT2D eigenvalue weighted by Crippen LogP contribution is -2.62. The molecule has 4 aliphatic carbocycles. The van der Waals surface area contributed by atoms with Gasteiger partial charge in [-0.25, -0.2) is 0 Å². The topological polar surface area (TPSA) is 137 Å². The summed E-state index contributed by atoms with van der Waals surface area (Å²) in [5, 5.41) is 29.3. The molecule has 1 aromatic heterocycles. The summed E-state index contributed by atoms with van der Waals surface area (Å²) in [6.07, 6.45) is 4.47. The van der Waals surface area contributed by atoms with E-state index in [-0.39, 0.29) is 48.9 Å². The Kier molecular flexibility index (Phi) is 11.0. The summed E-state index contributed by atoms with van der Waals surface area (Å²) in [6, 6.07) is 9.18. The van der Waals surface area contributed by atoms with E-state index in [4.69, 9.17) is 14.0 Å². The smallest absolute Gasteiger partial charge is 0.240 e. The first kappa shape index (κ1) is 36.8. The fraction of sp³-hybridized carbons (Fsp3) is 0.692. The Morgan fingerprint density at radius 1 is 1.10 bits per heavy atom. The average molecular weight is 695 g/mol. The number of methoxy groups -OCH3 is 1. The number of rotatable bonds is 12. The number of nitrogens with zero attached hydrogens (tertiary/aromatic N) is 2. The highest BCUT2D eigenvalue weighted by Crippen LogP contribution is 2.61. The van der Waals surface area contributed by atoms with Crippen molar-refractivity contribution in [3.63, 3.8) is 0 Å². The molecule has 1 aliphatic heterocycles. The number of amides is 2. The number of carbonyl (C=O) groups excluding carboxylic acids is 2. The molecule has 2 bridgehead atoms. The van der Waals surface area contributed by atoms with Crippen molar-refractivity contribution in [3.05, 3.63) is 53.5 Å². The van der Waals surface area contributed by atoms with E-state index in [0.29, 0.717) is 41.9 Å². The van der Waals surface area contributed by atoms with Gasteiger partial charge < -0.3 is 34.9 Å². The fourth-order valence-corrected chi connectivity index (χ4v) is 9.86. The van der Waals surface area contributed by atoms with Crippen LogP contribution in [0.3, 0.4) is 0 Å². The third-order valence-electron chi connectivity index (χ3n) is 13.0. The zero-order valence-electron chi connectivity index (χ0n) is 30.8. The first-order valence-corrected chi connectivity index (χ1v) is 18.5. The molecule has 11 atom stereocenters. The number of aliphatic hydroxyl groups is 2. The number of aliphatic hydroxyl groups excluding tert-OH is 2. The van der Waals surface area contributed by atoms with Crippen LogP contribution in [-0.2, 0) is 27.5 Å². The Morgan fingerprint density at radius 3 is 2.50 bits per heavy atom. The second-order valence-corrected chi connectivity index (χ2v) is 16.3. The van der Waals surface area contributed by atoms with Crippen molar-refractivity contribution in [3.8, 4) is 5.75 Å². The van der Waals surface area contributed by atoms with Gasteiger partial charge in [0, 0.05) is 29.5 Å². The van der Waals surface area contributed by atoms with Crippen LogP contribution in [0.15, 0.2) is 41.0 Å². The normalized spacial score (nSPS) is 34.2. The van der Waals surface area contributed by atoms with Gasteiger partial charge in [-0.05, 0) is 99.9 Å². The van der Waals surface area contributed by atoms with Gasteiger partial charge in [0.15, 0.2) is 0 Å². The summed E-state index contributed by atoms with van der Waals surface area (Å²) in [5.74, 6) is 2.03. The first-order chi connectivity index (χ1) is 23.8. The molecule has 276 valence electrons. The van der Waals surface area contributed by atoms with E-state index in [1.807, 2.05) is 24.3 Å². The van der Waals surface area contributed by atoms with Crippen LogP contribution in [-0.4, -0.2) is 90.1 Å². The number of nitrogens with one attached hydrogen (secondary N) is 2. The highest BCUT2D eigenvalue weighted by atomic mass is 16.7. The number of benzene rings is 1. The number of hydrogen-bond acceptors (Lipinski definition) is 9. The molecule has 11 nitrogen and oxygen atoms in total. The van der Waals surface area contributed by atoms with Crippen LogP contribution in [0.1, 0.15) is 82.6 Å². The Bertz CT molecular complexity index is 1480. The van der Waals surface area contributed by atoms with E-state index in [1.165, 1.54) is 6.42 Å². The van der Waals surface area contributed by atoms with Crippen molar-refractivity contribution in [1.29, 1.82) is 0 Å². The molecule has 2 amide bonds. The highest BCUT2D eigenvalue weighted by Gasteiger charge is 2.57. The molecule has 1 saturated heterocycles. The SMILES string of the molecule is COc1c(CN2O[C@@H](CO)[C@H]([C@H](C)O)[C@H]2C(=O)N[C@H]2C[C@H]3C[C@@H]([C@@H]2C)C3(C)C)cccc1C1CC(C(=O)NCc2ccco2)CC(N(C)C)C1. The van der Waals surface area contributed by atoms with Crippen molar-refractivity contribution >= 4 is 11.8 Å². The van der Waals surface area contributed by atoms with Gasteiger partial charge in [0.25, 0.3) is 0 Å². The van der Waals surface area contributed by atoms with Crippen LogP contribution < -0.4 is 15.4 Å². The summed E-state index contributed by atoms with van der Waals surface area (Å²) in [4.78, 5) is 36.1. The lowest BCUT2D eigenvalue weighted by molar-refractivity contribution is -0.183. The van der Waals surface area contributed by atoms with Gasteiger partial charge in [-0.1, -0.05) is 39.0 Å². The largest absolute Gasteiger partial charge is 0.496 e. The monoisotopic (exact) mass is 694 g/mol. The number of hydroxylamine groups is 2. The van der Waals surface area contributed by atoms with Crippen LogP contribution in [0.5, 0.6) is 5.75 Å². The first-order valence-electron chi connectivity index (χ1n) is 18.5. The minimum absolute atomic E-state index is 0.0137. The third-order valence-corrected chi connectivity index (χ3v) is 13.0. The molecular weight excluding hydrogens is 636 g/mol. The Hall–Kier alpha value is -2.96. The molecule has 50 heavy (non-hydrogen) atoms. The van der Waals surface area contributed by atoms with Crippen molar-refractivity contribution in [2.75, 3.05) is 27.8 Å². The predicted molar refractivity (Wildman–Crippen MR) is 189 cm³/mol. The van der Waals surface area contributed by atoms with E-state index >= 15 is 0 Å². The maximum absolute atomic E-state index is 14.2. The molecule has 0 radical (unpaired) electrons. The van der Waals surface area contributed by atoms with E-state index in [1.54, 1.807) is 25.4 Å². The molecule has 2 heterocycles. The number of fused-ring (bicyclic) bond motifs is 2. The standard InChI is InChI=1S/C39H58N4O7/c1-22-31-17-27(39(31,3)4)18-32(22)41-38(47)35-34(23(2)45)33(21-44)50-43(35)20-24-10-8-12-30(36(24)48-7)25-14-26(16-28(15-25)42(5)6)37(46)40-19-29-11-9-13-49-29/h8-13,22-23,25-28,31-35,44-45H,14-21H2,1-7H3,(H,40,46)(H,41,47)/t22-,23-,25?,26?,27+,28?,31-,32-,33-,34-,35-/m0/s1. The van der Waals surface area contributed by atoms with Gasteiger partial charge in [-0.2, -0.15) is 5.06 Å². The maximum atomic E-state index is 14.2. The summed E-state index contributed by atoms with van der Waals surface area (Å²) in [7, 11) is 5.77. The number of ether oxygens (including phenoxy) is 1. The Balaban J connectivity index is 1.23. The zero-order chi connectivity index (χ0) is 35.9. The zero-order valence-corrected chi connectivity index (χ0v) is 30.8. The van der Waals surface area contributed by atoms with Crippen molar-refractivity contribution in [2.24, 2.45) is 35.0 Å². The summed E-state index contributed by atoms with van der Waals surface area (Å²) >= 11 is 0. The second-order valence-electron chi connectivity index (χ2n) is 16.3. The average Bonchev–Trinajstić information content (AvgIpc) is 3.75. The van der Waals surface area contributed by atoms with Crippen LogP contribution in [0.2, 0.25) is 0 Å². The molecular formula is C39H58N4O7. The molecule has 4 saturated carbocycles. The molecule has 0 spiro atoms. The quantitative estimate of drug-likeness (QED) is 0.259. The van der Waals surface area contributed by atoms with Crippen LogP contribution in [0.25, 0.3) is 0 Å². The molecule has 5 fully saturated rings. The van der Waals surface area contributed by atoms with Crippen LogP contribution in [0.4, 0.5) is 0 Å². The Morgan fingerprint density at radius 2 is 1.88 bits per heavy atom. The number of furan rings is 1. The van der Waals surface area contributed by atoms with Crippen molar-refractivity contribution in [1.82, 2.24) is 20.6 Å². The van der Waals surface area contributed by atoms with Crippen LogP contribution >= 0.6 is 0 Å². The van der Waals surface area contributed by atoms with Crippen molar-refractivity contribution in [2.45, 2.75) is 109 Å². The lowest BCUT2D eigenvalue weighted by atomic mass is 9.45. The number of hydrogen-bond donors (Lipinski definition) is 4. The van der Waals surface area contributed by atoms with E-state index in [9.17, 15) is 19.8 Å². The van der Waals surface area contributed by atoms with Gasteiger partial charge in [0.2, 0.25) is 11.8 Å². The molecule has 3 unspecified atom stereocenters. The molecule has 7 rings (SSSR count). The van der Waals surface area contributed by atoms with E-state index in [0.717, 1.165) is 36.1 Å².